The monoisotopic (exact) mass is 641 g/mol. The lowest BCUT2D eigenvalue weighted by molar-refractivity contribution is -0.159. The summed E-state index contributed by atoms with van der Waals surface area (Å²) < 4.78 is 7.09. The maximum Gasteiger partial charge on any atom is 0.248 e. The molecule has 47 heavy (non-hydrogen) atoms. The Labute approximate surface area is 280 Å². The number of fused-ring (bicyclic) bond motifs is 1. The summed E-state index contributed by atoms with van der Waals surface area (Å²) in [5.41, 5.74) is -0.130. The first-order valence-corrected chi connectivity index (χ1v) is 17.2. The van der Waals surface area contributed by atoms with Gasteiger partial charge in [-0.05, 0) is 50.2 Å². The van der Waals surface area contributed by atoms with Gasteiger partial charge < -0.3 is 24.5 Å². The molecule has 3 heterocycles. The van der Waals surface area contributed by atoms with Gasteiger partial charge in [0.15, 0.2) is 0 Å². The average Bonchev–Trinajstić information content (AvgIpc) is 3.70. The summed E-state index contributed by atoms with van der Waals surface area (Å²) >= 11 is 0. The van der Waals surface area contributed by atoms with E-state index in [0.29, 0.717) is 45.3 Å². The molecule has 0 radical (unpaired) electrons. The van der Waals surface area contributed by atoms with Crippen molar-refractivity contribution in [2.24, 2.45) is 11.8 Å². The van der Waals surface area contributed by atoms with Crippen molar-refractivity contribution in [1.29, 1.82) is 0 Å². The lowest BCUT2D eigenvalue weighted by Gasteiger charge is -2.41. The van der Waals surface area contributed by atoms with Gasteiger partial charge in [0.05, 0.1) is 30.1 Å². The molecule has 2 bridgehead atoms. The van der Waals surface area contributed by atoms with Gasteiger partial charge in [-0.2, -0.15) is 0 Å². The Hall–Kier alpha value is -3.75. The Morgan fingerprint density at radius 1 is 1.00 bits per heavy atom. The number of ether oxygens (including phenoxy) is 1. The second kappa shape index (κ2) is 14.6. The molecule has 2 aromatic rings. The third-order valence-electron chi connectivity index (χ3n) is 10.8. The minimum atomic E-state index is -1.19. The minimum absolute atomic E-state index is 0.0928. The number of benzene rings is 2. The first kappa shape index (κ1) is 34.6. The fourth-order valence-corrected chi connectivity index (χ4v) is 8.59. The van der Waals surface area contributed by atoms with Crippen LogP contribution in [0.4, 0.5) is 0 Å². The highest BCUT2D eigenvalue weighted by Gasteiger charge is 2.79. The lowest BCUT2D eigenvalue weighted by atomic mass is 9.64. The number of likely N-dealkylation sites (tertiary alicyclic amines) is 1. The van der Waals surface area contributed by atoms with Crippen LogP contribution in [0.5, 0.6) is 0 Å². The Bertz CT molecular complexity index is 1430. The zero-order valence-electron chi connectivity index (χ0n) is 28.2. The van der Waals surface area contributed by atoms with Crippen molar-refractivity contribution >= 4 is 17.7 Å². The molecule has 5 rings (SSSR count). The number of nitrogens with zero attached hydrogens (tertiary/aromatic N) is 3. The fraction of sp³-hybridized carbons (Fsp3) is 0.513. The number of hydrogen-bond donors (Lipinski definition) is 1. The molecule has 8 heteroatoms. The number of aliphatic hydroxyl groups excluding tert-OH is 1. The van der Waals surface area contributed by atoms with E-state index in [1.165, 1.54) is 0 Å². The van der Waals surface area contributed by atoms with Gasteiger partial charge in [0.25, 0.3) is 0 Å². The van der Waals surface area contributed by atoms with Crippen molar-refractivity contribution < 1.29 is 24.2 Å². The zero-order chi connectivity index (χ0) is 33.8. The van der Waals surface area contributed by atoms with Gasteiger partial charge in [-0.25, -0.2) is 0 Å². The van der Waals surface area contributed by atoms with E-state index in [-0.39, 0.29) is 30.4 Å². The number of carbonyl (C=O) groups is 3. The van der Waals surface area contributed by atoms with Crippen LogP contribution >= 0.6 is 0 Å². The zero-order valence-corrected chi connectivity index (χ0v) is 28.2. The first-order chi connectivity index (χ1) is 22.7. The molecule has 7 atom stereocenters. The summed E-state index contributed by atoms with van der Waals surface area (Å²) in [7, 11) is 0. The molecule has 3 unspecified atom stereocenters. The fourth-order valence-electron chi connectivity index (χ4n) is 8.59. The molecule has 0 aromatic heterocycles. The second-order valence-corrected chi connectivity index (χ2v) is 13.5. The molecule has 0 saturated carbocycles. The van der Waals surface area contributed by atoms with Crippen LogP contribution < -0.4 is 0 Å². The summed E-state index contributed by atoms with van der Waals surface area (Å²) in [5, 5.41) is 10.9. The van der Waals surface area contributed by atoms with E-state index in [2.05, 4.69) is 20.1 Å². The summed E-state index contributed by atoms with van der Waals surface area (Å²) in [6.07, 6.45) is 7.09. The smallest absolute Gasteiger partial charge is 0.248 e. The Balaban J connectivity index is 1.62. The molecule has 8 nitrogen and oxygen atoms in total. The molecule has 3 saturated heterocycles. The van der Waals surface area contributed by atoms with Crippen molar-refractivity contribution in [3.8, 4) is 0 Å². The second-order valence-electron chi connectivity index (χ2n) is 13.5. The predicted octanol–water partition coefficient (Wildman–Crippen LogP) is 5.16. The van der Waals surface area contributed by atoms with E-state index < -0.39 is 35.1 Å². The molecule has 252 valence electrons. The van der Waals surface area contributed by atoms with Gasteiger partial charge in [0, 0.05) is 25.7 Å². The van der Waals surface area contributed by atoms with Crippen molar-refractivity contribution in [2.45, 2.75) is 95.2 Å². The van der Waals surface area contributed by atoms with Crippen LogP contribution in [0.25, 0.3) is 0 Å². The summed E-state index contributed by atoms with van der Waals surface area (Å²) in [4.78, 5) is 49.9. The van der Waals surface area contributed by atoms with Crippen LogP contribution in [0.2, 0.25) is 0 Å². The van der Waals surface area contributed by atoms with Crippen LogP contribution in [0, 0.1) is 11.8 Å². The van der Waals surface area contributed by atoms with E-state index in [9.17, 15) is 14.7 Å². The molecule has 3 fully saturated rings. The molecule has 3 aliphatic rings. The standard InChI is InChI=1S/C39H51N3O5/c1-6-16-28(5)41(24-8-3)37(46)34-39-22-21-38(9-4,47-39)32(35(44)40(23-7-2)26-30-19-14-11-15-20-30)33(39)36(45)42(34)31(27-43)25-29-17-12-10-13-18-29/h7-8,10-15,17-20,28,31-34,43H,2-3,6,9,16,21-27H2,1,4-5H3/t28?,31-,32+,33+,34?,38-,39?/m1/s1. The van der Waals surface area contributed by atoms with Gasteiger partial charge in [0.2, 0.25) is 17.7 Å². The van der Waals surface area contributed by atoms with Crippen molar-refractivity contribution in [3.63, 3.8) is 0 Å². The van der Waals surface area contributed by atoms with Crippen molar-refractivity contribution in [2.75, 3.05) is 19.7 Å². The highest BCUT2D eigenvalue weighted by atomic mass is 16.5. The number of rotatable bonds is 16. The third-order valence-corrected chi connectivity index (χ3v) is 10.8. The lowest BCUT2D eigenvalue weighted by Crippen LogP contribution is -2.60. The number of aliphatic hydroxyl groups is 1. The number of carbonyl (C=O) groups excluding carboxylic acids is 3. The molecule has 2 aromatic carbocycles. The Morgan fingerprint density at radius 3 is 2.21 bits per heavy atom. The quantitative estimate of drug-likeness (QED) is 0.256. The van der Waals surface area contributed by atoms with Gasteiger partial charge in [0.1, 0.15) is 11.6 Å². The van der Waals surface area contributed by atoms with Gasteiger partial charge in [-0.15, -0.1) is 13.2 Å². The Morgan fingerprint density at radius 2 is 1.64 bits per heavy atom. The predicted molar refractivity (Wildman–Crippen MR) is 183 cm³/mol. The maximum atomic E-state index is 15.0. The maximum absolute atomic E-state index is 15.0. The molecular weight excluding hydrogens is 590 g/mol. The largest absolute Gasteiger partial charge is 0.394 e. The van der Waals surface area contributed by atoms with E-state index in [4.69, 9.17) is 4.74 Å². The first-order valence-electron chi connectivity index (χ1n) is 17.2. The molecule has 1 N–H and O–H groups in total. The normalized spacial score (nSPS) is 27.3. The van der Waals surface area contributed by atoms with Crippen LogP contribution in [-0.2, 0) is 32.1 Å². The van der Waals surface area contributed by atoms with E-state index in [1.807, 2.05) is 74.5 Å². The highest BCUT2D eigenvalue weighted by molar-refractivity contribution is 5.99. The highest BCUT2D eigenvalue weighted by Crippen LogP contribution is 2.65. The molecule has 3 aliphatic heterocycles. The van der Waals surface area contributed by atoms with Crippen molar-refractivity contribution in [3.05, 3.63) is 97.1 Å². The molecule has 3 amide bonds. The molecular formula is C39H51N3O5. The third kappa shape index (κ3) is 6.18. The number of hydrogen-bond acceptors (Lipinski definition) is 5. The average molecular weight is 642 g/mol. The topological polar surface area (TPSA) is 90.4 Å². The SMILES string of the molecule is C=CCN(Cc1ccccc1)C(=O)[C@@H]1[C@H]2C(=O)N([C@@H](CO)Cc3ccccc3)C(C(=O)N(CC=C)C(C)CCC)C23CC[C@@]1(CC)O3. The van der Waals surface area contributed by atoms with E-state index in [1.54, 1.807) is 26.9 Å². The summed E-state index contributed by atoms with van der Waals surface area (Å²) in [6.45, 7) is 14.7. The van der Waals surface area contributed by atoms with Crippen LogP contribution in [0.1, 0.15) is 64.0 Å². The summed E-state index contributed by atoms with van der Waals surface area (Å²) in [6, 6.07) is 17.8. The van der Waals surface area contributed by atoms with Crippen LogP contribution in [0.15, 0.2) is 86.0 Å². The van der Waals surface area contributed by atoms with E-state index in [0.717, 1.165) is 24.0 Å². The van der Waals surface area contributed by atoms with Crippen LogP contribution in [-0.4, -0.2) is 86.6 Å². The summed E-state index contributed by atoms with van der Waals surface area (Å²) in [5.74, 6) is -2.27. The van der Waals surface area contributed by atoms with Gasteiger partial charge >= 0.3 is 0 Å². The Kier molecular flexibility index (Phi) is 10.7. The van der Waals surface area contributed by atoms with E-state index >= 15 is 4.79 Å². The van der Waals surface area contributed by atoms with Gasteiger partial charge in [-0.3, -0.25) is 14.4 Å². The molecule has 0 aliphatic carbocycles. The van der Waals surface area contributed by atoms with Gasteiger partial charge in [-0.1, -0.05) is 93.1 Å². The van der Waals surface area contributed by atoms with Crippen molar-refractivity contribution in [1.82, 2.24) is 14.7 Å². The van der Waals surface area contributed by atoms with Crippen LogP contribution in [0.3, 0.4) is 0 Å². The minimum Gasteiger partial charge on any atom is -0.394 e. The number of amides is 3. The molecule has 1 spiro atoms.